The van der Waals surface area contributed by atoms with E-state index in [9.17, 15) is 14.7 Å². The summed E-state index contributed by atoms with van der Waals surface area (Å²) in [5, 5.41) is 21.4. The summed E-state index contributed by atoms with van der Waals surface area (Å²) in [7, 11) is 0. The molecule has 2 unspecified atom stereocenters. The largest absolute Gasteiger partial charge is 0.479 e. The Hall–Kier alpha value is -2.37. The van der Waals surface area contributed by atoms with Gasteiger partial charge in [0, 0.05) is 5.56 Å². The van der Waals surface area contributed by atoms with Crippen molar-refractivity contribution in [1.82, 2.24) is 5.32 Å². The fourth-order valence-electron chi connectivity index (χ4n) is 1.96. The first kappa shape index (κ1) is 17.7. The maximum atomic E-state index is 12.1. The molecule has 0 saturated heterocycles. The number of benzene rings is 2. The average molecular weight is 322 g/mol. The molecule has 0 spiro atoms. The Balaban J connectivity index is 0.00000242. The van der Waals surface area contributed by atoms with Crippen molar-refractivity contribution in [2.75, 3.05) is 0 Å². The number of rotatable bonds is 5. The minimum absolute atomic E-state index is 0. The molecule has 116 valence electrons. The van der Waals surface area contributed by atoms with Crippen molar-refractivity contribution in [2.45, 2.75) is 12.1 Å². The van der Waals surface area contributed by atoms with Crippen LogP contribution in [-0.4, -0.2) is 28.2 Å². The topological polar surface area (TPSA) is 86.6 Å². The van der Waals surface area contributed by atoms with E-state index in [1.165, 1.54) is 0 Å². The van der Waals surface area contributed by atoms with Crippen LogP contribution in [0.1, 0.15) is 22.0 Å². The van der Waals surface area contributed by atoms with E-state index >= 15 is 0 Å². The van der Waals surface area contributed by atoms with Crippen LogP contribution in [0.5, 0.6) is 0 Å². The minimum Gasteiger partial charge on any atom is -0.479 e. The predicted octanol–water partition coefficient (Wildman–Crippen LogP) is 2.02. The highest BCUT2D eigenvalue weighted by Crippen LogP contribution is 2.18. The van der Waals surface area contributed by atoms with E-state index in [1.807, 2.05) is 0 Å². The number of aliphatic carboxylic acids is 1. The van der Waals surface area contributed by atoms with Gasteiger partial charge in [0.25, 0.3) is 5.91 Å². The number of aliphatic hydroxyl groups excluding tert-OH is 1. The van der Waals surface area contributed by atoms with Crippen molar-refractivity contribution in [2.24, 2.45) is 0 Å². The van der Waals surface area contributed by atoms with Gasteiger partial charge in [0.1, 0.15) is 0 Å². The quantitative estimate of drug-likeness (QED) is 0.786. The molecule has 2 aromatic rings. The second kappa shape index (κ2) is 8.17. The highest BCUT2D eigenvalue weighted by molar-refractivity contribution is 5.94. The number of aliphatic hydroxyl groups is 1. The zero-order valence-corrected chi connectivity index (χ0v) is 12.4. The highest BCUT2D eigenvalue weighted by atomic mass is 35.5. The lowest BCUT2D eigenvalue weighted by Crippen LogP contribution is -2.40. The van der Waals surface area contributed by atoms with Gasteiger partial charge in [-0.3, -0.25) is 4.79 Å². The predicted molar refractivity (Wildman–Crippen MR) is 84.0 cm³/mol. The number of carbonyl (C=O) groups is 2. The van der Waals surface area contributed by atoms with Gasteiger partial charge < -0.3 is 15.5 Å². The van der Waals surface area contributed by atoms with Crippen molar-refractivity contribution in [1.29, 1.82) is 0 Å². The van der Waals surface area contributed by atoms with E-state index in [1.54, 1.807) is 60.7 Å². The minimum atomic E-state index is -1.72. The monoisotopic (exact) mass is 321 g/mol. The Kier molecular flexibility index (Phi) is 6.56. The molecule has 0 bridgehead atoms. The molecule has 2 aromatic carbocycles. The molecule has 0 fully saturated rings. The Morgan fingerprint density at radius 3 is 1.91 bits per heavy atom. The zero-order valence-electron chi connectivity index (χ0n) is 11.5. The first-order valence-electron chi connectivity index (χ1n) is 6.41. The van der Waals surface area contributed by atoms with E-state index < -0.39 is 24.0 Å². The molecule has 3 N–H and O–H groups in total. The third kappa shape index (κ3) is 4.31. The summed E-state index contributed by atoms with van der Waals surface area (Å²) in [5.41, 5.74) is 0.924. The zero-order chi connectivity index (χ0) is 15.2. The van der Waals surface area contributed by atoms with Crippen LogP contribution < -0.4 is 5.32 Å². The first-order valence-corrected chi connectivity index (χ1v) is 6.41. The molecule has 6 heteroatoms. The van der Waals surface area contributed by atoms with Gasteiger partial charge in [0.05, 0.1) is 6.04 Å². The number of carboxylic acid groups (broad SMARTS) is 1. The molecule has 2 rings (SSSR count). The number of hydrogen-bond donors (Lipinski definition) is 3. The number of carbonyl (C=O) groups excluding carboxylic acids is 1. The fourth-order valence-corrected chi connectivity index (χ4v) is 1.96. The molecular weight excluding hydrogens is 306 g/mol. The molecule has 0 radical (unpaired) electrons. The third-order valence-corrected chi connectivity index (χ3v) is 3.05. The van der Waals surface area contributed by atoms with E-state index in [2.05, 4.69) is 5.32 Å². The van der Waals surface area contributed by atoms with Crippen LogP contribution in [0.2, 0.25) is 0 Å². The third-order valence-electron chi connectivity index (χ3n) is 3.05. The Bertz CT molecular complexity index is 619. The Labute approximate surface area is 134 Å². The molecule has 0 aliphatic heterocycles. The molecular formula is C16H16ClNO4. The van der Waals surface area contributed by atoms with Crippen LogP contribution in [0, 0.1) is 0 Å². The summed E-state index contributed by atoms with van der Waals surface area (Å²) in [5.74, 6) is -1.83. The van der Waals surface area contributed by atoms with Crippen LogP contribution in [-0.2, 0) is 4.79 Å². The second-order valence-corrected chi connectivity index (χ2v) is 4.51. The smallest absolute Gasteiger partial charge is 0.335 e. The number of halogens is 1. The van der Waals surface area contributed by atoms with Crippen molar-refractivity contribution < 1.29 is 19.8 Å². The number of carboxylic acids is 1. The van der Waals surface area contributed by atoms with E-state index in [0.717, 1.165) is 0 Å². The lowest BCUT2D eigenvalue weighted by molar-refractivity contribution is -0.148. The summed E-state index contributed by atoms with van der Waals surface area (Å²) < 4.78 is 0. The van der Waals surface area contributed by atoms with Crippen LogP contribution in [0.25, 0.3) is 0 Å². The Morgan fingerprint density at radius 2 is 1.41 bits per heavy atom. The van der Waals surface area contributed by atoms with Crippen molar-refractivity contribution >= 4 is 24.3 Å². The van der Waals surface area contributed by atoms with Crippen LogP contribution in [0.3, 0.4) is 0 Å². The molecule has 2 atom stereocenters. The van der Waals surface area contributed by atoms with Gasteiger partial charge in [-0.1, -0.05) is 48.5 Å². The Morgan fingerprint density at radius 1 is 0.909 bits per heavy atom. The molecule has 0 aliphatic carbocycles. The lowest BCUT2D eigenvalue weighted by Gasteiger charge is -2.22. The van der Waals surface area contributed by atoms with Gasteiger partial charge >= 0.3 is 5.97 Å². The molecule has 0 aliphatic rings. The van der Waals surface area contributed by atoms with Crippen LogP contribution in [0.4, 0.5) is 0 Å². The molecule has 0 saturated carbocycles. The maximum absolute atomic E-state index is 12.1. The van der Waals surface area contributed by atoms with Gasteiger partial charge in [0.2, 0.25) is 0 Å². The lowest BCUT2D eigenvalue weighted by atomic mass is 10.0. The molecule has 0 aromatic heterocycles. The summed E-state index contributed by atoms with van der Waals surface area (Å²) in [6.07, 6.45) is -1.72. The normalized spacial score (nSPS) is 12.6. The van der Waals surface area contributed by atoms with Crippen LogP contribution >= 0.6 is 12.4 Å². The standard InChI is InChI=1S/C16H15NO4.ClH/c18-14(16(20)21)13(11-7-3-1-4-8-11)17-15(19)12-9-5-2-6-10-12;/h1-10,13-14,18H,(H,17,19)(H,20,21);1H. The van der Waals surface area contributed by atoms with Crippen molar-refractivity contribution in [3.05, 3.63) is 71.8 Å². The number of hydrogen-bond acceptors (Lipinski definition) is 3. The van der Waals surface area contributed by atoms with Crippen molar-refractivity contribution in [3.8, 4) is 0 Å². The van der Waals surface area contributed by atoms with Gasteiger partial charge in [-0.15, -0.1) is 12.4 Å². The van der Waals surface area contributed by atoms with Gasteiger partial charge in [-0.25, -0.2) is 4.79 Å². The van der Waals surface area contributed by atoms with E-state index in [-0.39, 0.29) is 12.4 Å². The second-order valence-electron chi connectivity index (χ2n) is 4.51. The summed E-state index contributed by atoms with van der Waals surface area (Å²) in [6, 6.07) is 15.9. The van der Waals surface area contributed by atoms with E-state index in [0.29, 0.717) is 11.1 Å². The van der Waals surface area contributed by atoms with Crippen molar-refractivity contribution in [3.63, 3.8) is 0 Å². The molecule has 5 nitrogen and oxygen atoms in total. The summed E-state index contributed by atoms with van der Waals surface area (Å²) in [6.45, 7) is 0. The van der Waals surface area contributed by atoms with Gasteiger partial charge in [-0.2, -0.15) is 0 Å². The maximum Gasteiger partial charge on any atom is 0.335 e. The first-order chi connectivity index (χ1) is 10.1. The SMILES string of the molecule is Cl.O=C(NC(c1ccccc1)C(O)C(=O)O)c1ccccc1. The van der Waals surface area contributed by atoms with Gasteiger partial charge in [0.15, 0.2) is 6.10 Å². The number of nitrogens with one attached hydrogen (secondary N) is 1. The fraction of sp³-hybridized carbons (Fsp3) is 0.125. The van der Waals surface area contributed by atoms with Crippen LogP contribution in [0.15, 0.2) is 60.7 Å². The molecule has 22 heavy (non-hydrogen) atoms. The average Bonchev–Trinajstić information content (AvgIpc) is 2.53. The van der Waals surface area contributed by atoms with E-state index in [4.69, 9.17) is 5.11 Å². The highest BCUT2D eigenvalue weighted by Gasteiger charge is 2.28. The number of amides is 1. The van der Waals surface area contributed by atoms with Gasteiger partial charge in [-0.05, 0) is 17.7 Å². The molecule has 0 heterocycles. The summed E-state index contributed by atoms with van der Waals surface area (Å²) in [4.78, 5) is 23.2. The summed E-state index contributed by atoms with van der Waals surface area (Å²) >= 11 is 0. The molecule has 1 amide bonds.